The molecule has 3 heteroatoms. The minimum absolute atomic E-state index is 0.0581. The van der Waals surface area contributed by atoms with Crippen LogP contribution in [0.25, 0.3) is 0 Å². The van der Waals surface area contributed by atoms with Gasteiger partial charge < -0.3 is 15.2 Å². The fourth-order valence-electron chi connectivity index (χ4n) is 1.41. The normalized spacial score (nSPS) is 39.0. The van der Waals surface area contributed by atoms with E-state index in [1.54, 1.807) is 7.11 Å². The van der Waals surface area contributed by atoms with E-state index in [9.17, 15) is 0 Å². The summed E-state index contributed by atoms with van der Waals surface area (Å²) < 4.78 is 10.7. The first-order valence-electron chi connectivity index (χ1n) is 4.18. The smallest absolute Gasteiger partial charge is 0.0769 e. The summed E-state index contributed by atoms with van der Waals surface area (Å²) in [6.07, 6.45) is 2.52. The average molecular weight is 159 g/mol. The first-order chi connectivity index (χ1) is 5.27. The van der Waals surface area contributed by atoms with Crippen molar-refractivity contribution >= 4 is 0 Å². The molecule has 1 aliphatic rings. The fraction of sp³-hybridized carbons (Fsp3) is 1.00. The van der Waals surface area contributed by atoms with Gasteiger partial charge in [-0.15, -0.1) is 0 Å². The zero-order valence-corrected chi connectivity index (χ0v) is 7.25. The SMILES string of the molecule is CC[C@@H]1C[C@@H](OC)[C@@H](N)CO1. The van der Waals surface area contributed by atoms with Crippen molar-refractivity contribution in [2.45, 2.75) is 38.0 Å². The zero-order valence-electron chi connectivity index (χ0n) is 7.25. The molecular formula is C8H17NO2. The highest BCUT2D eigenvalue weighted by molar-refractivity contribution is 4.81. The van der Waals surface area contributed by atoms with E-state index < -0.39 is 0 Å². The van der Waals surface area contributed by atoms with E-state index in [1.165, 1.54) is 0 Å². The fourth-order valence-corrected chi connectivity index (χ4v) is 1.41. The van der Waals surface area contributed by atoms with Gasteiger partial charge in [0.15, 0.2) is 0 Å². The van der Waals surface area contributed by atoms with Crippen molar-refractivity contribution in [2.24, 2.45) is 5.73 Å². The lowest BCUT2D eigenvalue weighted by atomic mass is 10.0. The molecular weight excluding hydrogens is 142 g/mol. The summed E-state index contributed by atoms with van der Waals surface area (Å²) in [6.45, 7) is 2.76. The average Bonchev–Trinajstić information content (AvgIpc) is 2.05. The van der Waals surface area contributed by atoms with Gasteiger partial charge in [0.05, 0.1) is 24.9 Å². The van der Waals surface area contributed by atoms with Gasteiger partial charge in [-0.25, -0.2) is 0 Å². The van der Waals surface area contributed by atoms with Crippen LogP contribution in [0, 0.1) is 0 Å². The summed E-state index contributed by atoms with van der Waals surface area (Å²) in [5.41, 5.74) is 5.76. The van der Waals surface area contributed by atoms with Gasteiger partial charge in [0.2, 0.25) is 0 Å². The maximum absolute atomic E-state index is 5.76. The largest absolute Gasteiger partial charge is 0.380 e. The van der Waals surface area contributed by atoms with Gasteiger partial charge in [-0.2, -0.15) is 0 Å². The van der Waals surface area contributed by atoms with Gasteiger partial charge in [0, 0.05) is 13.5 Å². The number of hydrogen-bond acceptors (Lipinski definition) is 3. The summed E-state index contributed by atoms with van der Waals surface area (Å²) in [4.78, 5) is 0. The highest BCUT2D eigenvalue weighted by Crippen LogP contribution is 2.17. The van der Waals surface area contributed by atoms with Crippen LogP contribution in [0.4, 0.5) is 0 Å². The first kappa shape index (κ1) is 8.97. The molecule has 0 aromatic heterocycles. The number of nitrogens with two attached hydrogens (primary N) is 1. The lowest BCUT2D eigenvalue weighted by molar-refractivity contribution is -0.0719. The molecule has 2 N–H and O–H groups in total. The summed E-state index contributed by atoms with van der Waals surface area (Å²) >= 11 is 0. The van der Waals surface area contributed by atoms with Crippen LogP contribution in [0.1, 0.15) is 19.8 Å². The molecule has 0 aliphatic carbocycles. The Balaban J connectivity index is 2.37. The number of rotatable bonds is 2. The van der Waals surface area contributed by atoms with Gasteiger partial charge in [-0.05, 0) is 6.42 Å². The Hall–Kier alpha value is -0.120. The molecule has 1 saturated heterocycles. The summed E-state index contributed by atoms with van der Waals surface area (Å²) in [6, 6.07) is 0.0581. The molecule has 0 aromatic rings. The molecule has 0 spiro atoms. The number of ether oxygens (including phenoxy) is 2. The third kappa shape index (κ3) is 2.15. The van der Waals surface area contributed by atoms with Crippen LogP contribution in [-0.4, -0.2) is 32.0 Å². The van der Waals surface area contributed by atoms with Crippen LogP contribution in [0.15, 0.2) is 0 Å². The number of methoxy groups -OCH3 is 1. The van der Waals surface area contributed by atoms with E-state index in [0.717, 1.165) is 12.8 Å². The van der Waals surface area contributed by atoms with E-state index >= 15 is 0 Å². The minimum atomic E-state index is 0.0581. The van der Waals surface area contributed by atoms with Crippen molar-refractivity contribution in [2.75, 3.05) is 13.7 Å². The standard InChI is InChI=1S/C8H17NO2/c1-3-6-4-8(10-2)7(9)5-11-6/h6-8H,3-5,9H2,1-2H3/t6-,7+,8-/m1/s1. The van der Waals surface area contributed by atoms with Gasteiger partial charge in [-0.3, -0.25) is 0 Å². The molecule has 0 bridgehead atoms. The van der Waals surface area contributed by atoms with Crippen LogP contribution in [0.2, 0.25) is 0 Å². The first-order valence-corrected chi connectivity index (χ1v) is 4.18. The zero-order chi connectivity index (χ0) is 8.27. The summed E-state index contributed by atoms with van der Waals surface area (Å²) in [7, 11) is 1.71. The lowest BCUT2D eigenvalue weighted by Crippen LogP contribution is -2.47. The second kappa shape index (κ2) is 4.04. The Morgan fingerprint density at radius 2 is 2.36 bits per heavy atom. The minimum Gasteiger partial charge on any atom is -0.380 e. The molecule has 1 aliphatic heterocycles. The summed E-state index contributed by atoms with van der Waals surface area (Å²) in [5.74, 6) is 0. The monoisotopic (exact) mass is 159 g/mol. The topological polar surface area (TPSA) is 44.5 Å². The molecule has 11 heavy (non-hydrogen) atoms. The van der Waals surface area contributed by atoms with Crippen molar-refractivity contribution in [3.8, 4) is 0 Å². The van der Waals surface area contributed by atoms with Crippen LogP contribution < -0.4 is 5.73 Å². The van der Waals surface area contributed by atoms with Crippen molar-refractivity contribution in [1.29, 1.82) is 0 Å². The van der Waals surface area contributed by atoms with E-state index in [0.29, 0.717) is 12.7 Å². The van der Waals surface area contributed by atoms with Crippen LogP contribution in [-0.2, 0) is 9.47 Å². The second-order valence-corrected chi connectivity index (χ2v) is 3.04. The van der Waals surface area contributed by atoms with Crippen molar-refractivity contribution in [1.82, 2.24) is 0 Å². The number of hydrogen-bond donors (Lipinski definition) is 1. The van der Waals surface area contributed by atoms with Gasteiger partial charge in [0.25, 0.3) is 0 Å². The van der Waals surface area contributed by atoms with E-state index in [-0.39, 0.29) is 12.1 Å². The Morgan fingerprint density at radius 1 is 1.64 bits per heavy atom. The molecule has 1 fully saturated rings. The molecule has 0 amide bonds. The third-order valence-corrected chi connectivity index (χ3v) is 2.26. The summed E-state index contributed by atoms with van der Waals surface area (Å²) in [5, 5.41) is 0. The van der Waals surface area contributed by atoms with Gasteiger partial charge >= 0.3 is 0 Å². The highest BCUT2D eigenvalue weighted by atomic mass is 16.5. The van der Waals surface area contributed by atoms with E-state index in [2.05, 4.69) is 6.92 Å². The molecule has 0 aromatic carbocycles. The second-order valence-electron chi connectivity index (χ2n) is 3.04. The van der Waals surface area contributed by atoms with Crippen LogP contribution in [0.5, 0.6) is 0 Å². The molecule has 3 nitrogen and oxygen atoms in total. The molecule has 0 saturated carbocycles. The van der Waals surface area contributed by atoms with E-state index in [1.807, 2.05) is 0 Å². The Kier molecular flexibility index (Phi) is 3.30. The van der Waals surface area contributed by atoms with Crippen molar-refractivity contribution < 1.29 is 9.47 Å². The maximum atomic E-state index is 5.76. The predicted octanol–water partition coefficient (Wildman–Crippen LogP) is 0.528. The third-order valence-electron chi connectivity index (χ3n) is 2.26. The van der Waals surface area contributed by atoms with Crippen LogP contribution in [0.3, 0.4) is 0 Å². The Morgan fingerprint density at radius 3 is 2.91 bits per heavy atom. The van der Waals surface area contributed by atoms with Crippen LogP contribution >= 0.6 is 0 Å². The van der Waals surface area contributed by atoms with Crippen molar-refractivity contribution in [3.05, 3.63) is 0 Å². The van der Waals surface area contributed by atoms with Gasteiger partial charge in [0.1, 0.15) is 0 Å². The Labute approximate surface area is 67.9 Å². The molecule has 1 heterocycles. The predicted molar refractivity (Wildman–Crippen MR) is 43.4 cm³/mol. The maximum Gasteiger partial charge on any atom is 0.0769 e. The molecule has 0 unspecified atom stereocenters. The Bertz CT molecular complexity index is 119. The molecule has 1 rings (SSSR count). The molecule has 66 valence electrons. The quantitative estimate of drug-likeness (QED) is 0.639. The molecule has 3 atom stereocenters. The highest BCUT2D eigenvalue weighted by Gasteiger charge is 2.27. The van der Waals surface area contributed by atoms with E-state index in [4.69, 9.17) is 15.2 Å². The molecule has 0 radical (unpaired) electrons. The lowest BCUT2D eigenvalue weighted by Gasteiger charge is -2.32. The van der Waals surface area contributed by atoms with Gasteiger partial charge in [-0.1, -0.05) is 6.92 Å². The van der Waals surface area contributed by atoms with Crippen molar-refractivity contribution in [3.63, 3.8) is 0 Å².